The van der Waals surface area contributed by atoms with Crippen LogP contribution in [-0.4, -0.2) is 14.8 Å². The van der Waals surface area contributed by atoms with Crippen LogP contribution in [0.4, 0.5) is 4.39 Å². The smallest absolute Gasteiger partial charge is 0.267 e. The van der Waals surface area contributed by atoms with Gasteiger partial charge in [0.25, 0.3) is 5.56 Å². The van der Waals surface area contributed by atoms with Crippen molar-refractivity contribution in [2.45, 2.75) is 13.5 Å². The number of thiocarbonyl (C=S) groups is 1. The summed E-state index contributed by atoms with van der Waals surface area (Å²) in [6.45, 7) is 1.96. The summed E-state index contributed by atoms with van der Waals surface area (Å²) in [5, 5.41) is 3.99. The number of halogens is 1. The molecule has 0 fully saturated rings. The van der Waals surface area contributed by atoms with E-state index < -0.39 is 5.82 Å². The highest BCUT2D eigenvalue weighted by molar-refractivity contribution is 7.80. The first-order valence-corrected chi connectivity index (χ1v) is 5.99. The van der Waals surface area contributed by atoms with E-state index in [-0.39, 0.29) is 17.1 Å². The van der Waals surface area contributed by atoms with Crippen LogP contribution in [0.1, 0.15) is 16.7 Å². The molecule has 4 nitrogen and oxygen atoms in total. The van der Waals surface area contributed by atoms with Crippen molar-refractivity contribution in [2.75, 3.05) is 0 Å². The van der Waals surface area contributed by atoms with Crippen molar-refractivity contribution in [3.8, 4) is 0 Å². The van der Waals surface area contributed by atoms with Crippen molar-refractivity contribution in [1.29, 1.82) is 0 Å². The molecule has 2 rings (SSSR count). The number of hydrogen-bond acceptors (Lipinski definition) is 3. The van der Waals surface area contributed by atoms with Crippen molar-refractivity contribution < 1.29 is 4.39 Å². The second kappa shape index (κ2) is 5.27. The van der Waals surface area contributed by atoms with Crippen molar-refractivity contribution in [3.63, 3.8) is 0 Å². The lowest BCUT2D eigenvalue weighted by Gasteiger charge is -2.07. The van der Waals surface area contributed by atoms with Gasteiger partial charge in [0.2, 0.25) is 0 Å². The van der Waals surface area contributed by atoms with E-state index in [2.05, 4.69) is 5.10 Å². The van der Waals surface area contributed by atoms with Crippen LogP contribution in [0.15, 0.2) is 35.3 Å². The molecule has 2 aromatic rings. The predicted octanol–water partition coefficient (Wildman–Crippen LogP) is 1.37. The van der Waals surface area contributed by atoms with Gasteiger partial charge in [0.15, 0.2) is 0 Å². The molecular weight excluding hydrogens is 265 g/mol. The van der Waals surface area contributed by atoms with Gasteiger partial charge in [-0.25, -0.2) is 9.07 Å². The lowest BCUT2D eigenvalue weighted by molar-refractivity contribution is 0.609. The fourth-order valence-corrected chi connectivity index (χ4v) is 1.82. The number of aryl methyl sites for hydroxylation is 1. The fourth-order valence-electron chi connectivity index (χ4n) is 1.70. The third-order valence-electron chi connectivity index (χ3n) is 2.58. The lowest BCUT2D eigenvalue weighted by Crippen LogP contribution is -2.23. The summed E-state index contributed by atoms with van der Waals surface area (Å²) in [6.07, 6.45) is 1.58. The maximum atomic E-state index is 13.4. The number of nitrogens with zero attached hydrogens (tertiary/aromatic N) is 2. The van der Waals surface area contributed by atoms with Gasteiger partial charge in [0.1, 0.15) is 10.8 Å². The third kappa shape index (κ3) is 3.23. The summed E-state index contributed by atoms with van der Waals surface area (Å²) in [6, 6.07) is 5.72. The van der Waals surface area contributed by atoms with Gasteiger partial charge in [-0.05, 0) is 36.2 Å². The molecule has 6 heteroatoms. The first kappa shape index (κ1) is 13.4. The highest BCUT2D eigenvalue weighted by Gasteiger charge is 2.05. The Hall–Kier alpha value is -2.08. The average Bonchev–Trinajstić information content (AvgIpc) is 2.32. The van der Waals surface area contributed by atoms with E-state index in [1.54, 1.807) is 19.2 Å². The summed E-state index contributed by atoms with van der Waals surface area (Å²) < 4.78 is 14.7. The Morgan fingerprint density at radius 1 is 1.42 bits per heavy atom. The van der Waals surface area contributed by atoms with Gasteiger partial charge in [-0.2, -0.15) is 5.10 Å². The predicted molar refractivity (Wildman–Crippen MR) is 74.6 cm³/mol. The van der Waals surface area contributed by atoms with Crippen LogP contribution in [0.2, 0.25) is 0 Å². The minimum Gasteiger partial charge on any atom is -0.389 e. The van der Waals surface area contributed by atoms with Crippen LogP contribution >= 0.6 is 12.2 Å². The largest absolute Gasteiger partial charge is 0.389 e. The molecule has 0 bridgehead atoms. The van der Waals surface area contributed by atoms with Crippen LogP contribution in [0.3, 0.4) is 0 Å². The molecule has 0 amide bonds. The first-order valence-electron chi connectivity index (χ1n) is 5.59. The Kier molecular flexibility index (Phi) is 3.71. The summed E-state index contributed by atoms with van der Waals surface area (Å²) >= 11 is 4.82. The minimum atomic E-state index is -0.444. The minimum absolute atomic E-state index is 0.116. The standard InChI is InChI=1S/C13H12FN3OS/c1-8-2-12(18)17(16-6-8)7-9-3-10(13(15)19)5-11(14)4-9/h2-6H,7H2,1H3,(H2,15,19). The molecule has 1 aromatic heterocycles. The molecule has 0 aliphatic rings. The van der Waals surface area contributed by atoms with Gasteiger partial charge in [-0.1, -0.05) is 12.2 Å². The number of benzene rings is 1. The van der Waals surface area contributed by atoms with Crippen LogP contribution < -0.4 is 11.3 Å². The topological polar surface area (TPSA) is 60.9 Å². The molecule has 0 saturated carbocycles. The second-order valence-corrected chi connectivity index (χ2v) is 4.68. The highest BCUT2D eigenvalue weighted by Crippen LogP contribution is 2.10. The molecule has 0 aliphatic heterocycles. The van der Waals surface area contributed by atoms with Crippen LogP contribution in [0.5, 0.6) is 0 Å². The Labute approximate surface area is 114 Å². The summed E-state index contributed by atoms with van der Waals surface area (Å²) in [5.41, 5.74) is 7.04. The van der Waals surface area contributed by atoms with Gasteiger partial charge in [-0.15, -0.1) is 0 Å². The number of rotatable bonds is 3. The molecule has 0 spiro atoms. The monoisotopic (exact) mass is 277 g/mol. The number of aromatic nitrogens is 2. The Balaban J connectivity index is 2.38. The maximum Gasteiger partial charge on any atom is 0.267 e. The number of hydrogen-bond donors (Lipinski definition) is 1. The molecule has 1 aromatic carbocycles. The first-order chi connectivity index (χ1) is 8.95. The average molecular weight is 277 g/mol. The summed E-state index contributed by atoms with van der Waals surface area (Å²) in [7, 11) is 0. The molecule has 2 N–H and O–H groups in total. The molecule has 0 aliphatic carbocycles. The van der Waals surface area contributed by atoms with Crippen molar-refractivity contribution in [1.82, 2.24) is 9.78 Å². The normalized spacial score (nSPS) is 10.4. The molecule has 0 saturated heterocycles. The zero-order chi connectivity index (χ0) is 14.0. The Bertz CT molecular complexity index is 697. The van der Waals surface area contributed by atoms with E-state index in [1.807, 2.05) is 0 Å². The maximum absolute atomic E-state index is 13.4. The van der Waals surface area contributed by atoms with Crippen LogP contribution in [0, 0.1) is 12.7 Å². The van der Waals surface area contributed by atoms with E-state index in [4.69, 9.17) is 18.0 Å². The molecule has 0 unspecified atom stereocenters. The molecule has 1 heterocycles. The SMILES string of the molecule is Cc1cnn(Cc2cc(F)cc(C(N)=S)c2)c(=O)c1. The van der Waals surface area contributed by atoms with E-state index in [9.17, 15) is 9.18 Å². The molecule has 0 atom stereocenters. The van der Waals surface area contributed by atoms with Gasteiger partial charge in [0, 0.05) is 11.6 Å². The van der Waals surface area contributed by atoms with E-state index in [1.165, 1.54) is 22.9 Å². The molecule has 19 heavy (non-hydrogen) atoms. The van der Waals surface area contributed by atoms with Gasteiger partial charge < -0.3 is 5.73 Å². The Morgan fingerprint density at radius 3 is 2.79 bits per heavy atom. The summed E-state index contributed by atoms with van der Waals surface area (Å²) in [4.78, 5) is 11.8. The second-order valence-electron chi connectivity index (χ2n) is 4.24. The molecule has 0 radical (unpaired) electrons. The zero-order valence-electron chi connectivity index (χ0n) is 10.3. The number of nitrogens with two attached hydrogens (primary N) is 1. The van der Waals surface area contributed by atoms with E-state index in [0.29, 0.717) is 11.1 Å². The highest BCUT2D eigenvalue weighted by atomic mass is 32.1. The molecular formula is C13H12FN3OS. The fraction of sp³-hybridized carbons (Fsp3) is 0.154. The zero-order valence-corrected chi connectivity index (χ0v) is 11.1. The molecule has 98 valence electrons. The van der Waals surface area contributed by atoms with Crippen LogP contribution in [-0.2, 0) is 6.54 Å². The van der Waals surface area contributed by atoms with Crippen molar-refractivity contribution in [2.24, 2.45) is 5.73 Å². The van der Waals surface area contributed by atoms with Gasteiger partial charge in [0.05, 0.1) is 12.7 Å². The summed E-state index contributed by atoms with van der Waals surface area (Å²) in [5.74, 6) is -0.444. The third-order valence-corrected chi connectivity index (χ3v) is 2.82. The van der Waals surface area contributed by atoms with Gasteiger partial charge in [-0.3, -0.25) is 4.79 Å². The van der Waals surface area contributed by atoms with E-state index >= 15 is 0 Å². The van der Waals surface area contributed by atoms with Crippen LogP contribution in [0.25, 0.3) is 0 Å². The Morgan fingerprint density at radius 2 is 2.16 bits per heavy atom. The van der Waals surface area contributed by atoms with Gasteiger partial charge >= 0.3 is 0 Å². The van der Waals surface area contributed by atoms with E-state index in [0.717, 1.165) is 5.56 Å². The van der Waals surface area contributed by atoms with Crippen molar-refractivity contribution in [3.05, 3.63) is 63.3 Å². The lowest BCUT2D eigenvalue weighted by atomic mass is 10.1. The quantitative estimate of drug-likeness (QED) is 0.861. The van der Waals surface area contributed by atoms with Crippen molar-refractivity contribution >= 4 is 17.2 Å².